The molecule has 1 heterocycles. The fourth-order valence-electron chi connectivity index (χ4n) is 5.54. The highest BCUT2D eigenvalue weighted by molar-refractivity contribution is 6.07. The van der Waals surface area contributed by atoms with Gasteiger partial charge in [-0.25, -0.2) is 0 Å². The van der Waals surface area contributed by atoms with Crippen molar-refractivity contribution in [2.75, 3.05) is 19.6 Å². The minimum Gasteiger partial charge on any atom is -0.350 e. The lowest BCUT2D eigenvalue weighted by atomic mass is 9.84. The van der Waals surface area contributed by atoms with E-state index in [-0.39, 0.29) is 29.4 Å². The van der Waals surface area contributed by atoms with Gasteiger partial charge in [0.1, 0.15) is 0 Å². The molecule has 5 nitrogen and oxygen atoms in total. The van der Waals surface area contributed by atoms with Gasteiger partial charge in [-0.05, 0) is 80.7 Å². The molecule has 1 aliphatic heterocycles. The topological polar surface area (TPSA) is 66.5 Å². The van der Waals surface area contributed by atoms with Gasteiger partial charge in [-0.3, -0.25) is 14.4 Å². The number of Topliss-reactive ketones (excluding diaryl/α,β-unsaturated/α-hetero) is 1. The molecule has 0 radical (unpaired) electrons. The maximum Gasteiger partial charge on any atom is 0.244 e. The first kappa shape index (κ1) is 27.0. The molecule has 2 aromatic carbocycles. The zero-order valence-corrected chi connectivity index (χ0v) is 22.2. The summed E-state index contributed by atoms with van der Waals surface area (Å²) in [6.45, 7) is 7.15. The zero-order chi connectivity index (χ0) is 26.2. The van der Waals surface area contributed by atoms with Crippen molar-refractivity contribution in [1.82, 2.24) is 10.2 Å². The molecule has 1 N–H and O–H groups in total. The molecule has 1 aliphatic carbocycles. The minimum absolute atomic E-state index is 0.0315. The van der Waals surface area contributed by atoms with E-state index in [2.05, 4.69) is 22.3 Å². The van der Waals surface area contributed by atoms with Crippen LogP contribution in [0, 0.1) is 11.8 Å². The van der Waals surface area contributed by atoms with Crippen molar-refractivity contribution in [2.24, 2.45) is 11.8 Å². The molecule has 37 heavy (non-hydrogen) atoms. The summed E-state index contributed by atoms with van der Waals surface area (Å²) in [6.07, 6.45) is 10.2. The molecule has 0 atom stereocenters. The molecule has 1 amide bonds. The number of nitrogens with one attached hydrogen (secondary N) is 1. The Hall–Kier alpha value is -3.05. The Balaban J connectivity index is 1.17. The third kappa shape index (κ3) is 7.72. The summed E-state index contributed by atoms with van der Waals surface area (Å²) >= 11 is 0. The lowest BCUT2D eigenvalue weighted by molar-refractivity contribution is -0.117. The van der Waals surface area contributed by atoms with Gasteiger partial charge in [0.25, 0.3) is 0 Å². The molecule has 1 saturated carbocycles. The van der Waals surface area contributed by atoms with Gasteiger partial charge in [0, 0.05) is 42.3 Å². The monoisotopic (exact) mass is 500 g/mol. The second-order valence-corrected chi connectivity index (χ2v) is 10.9. The van der Waals surface area contributed by atoms with Gasteiger partial charge in [-0.2, -0.15) is 0 Å². The first-order chi connectivity index (χ1) is 17.9. The van der Waals surface area contributed by atoms with E-state index in [0.717, 1.165) is 63.7 Å². The van der Waals surface area contributed by atoms with Crippen LogP contribution in [-0.2, 0) is 17.6 Å². The zero-order valence-electron chi connectivity index (χ0n) is 22.2. The highest BCUT2D eigenvalue weighted by Gasteiger charge is 2.23. The van der Waals surface area contributed by atoms with Crippen molar-refractivity contribution in [3.63, 3.8) is 0 Å². The Kier molecular flexibility index (Phi) is 9.45. The maximum atomic E-state index is 12.4. The van der Waals surface area contributed by atoms with Crippen LogP contribution in [0.3, 0.4) is 0 Å². The fraction of sp³-hybridized carbons (Fsp3) is 0.469. The summed E-state index contributed by atoms with van der Waals surface area (Å²) < 4.78 is 0. The van der Waals surface area contributed by atoms with Gasteiger partial charge < -0.3 is 10.2 Å². The number of rotatable bonds is 9. The third-order valence-corrected chi connectivity index (χ3v) is 7.90. The molecule has 0 unspecified atom stereocenters. The van der Waals surface area contributed by atoms with Crippen LogP contribution >= 0.6 is 0 Å². The summed E-state index contributed by atoms with van der Waals surface area (Å²) in [5.74, 6) is 0.622. The minimum atomic E-state index is -0.185. The van der Waals surface area contributed by atoms with Crippen molar-refractivity contribution in [2.45, 2.75) is 64.8 Å². The van der Waals surface area contributed by atoms with E-state index < -0.39 is 0 Å². The molecule has 5 heteroatoms. The predicted octanol–water partition coefficient (Wildman–Crippen LogP) is 5.43. The molecular weight excluding hydrogens is 460 g/mol. The van der Waals surface area contributed by atoms with Crippen LogP contribution < -0.4 is 5.32 Å². The lowest BCUT2D eigenvalue weighted by Crippen LogP contribution is -2.37. The van der Waals surface area contributed by atoms with Crippen LogP contribution in [0.15, 0.2) is 60.7 Å². The molecule has 2 aliphatic rings. The number of ketones is 2. The van der Waals surface area contributed by atoms with Crippen molar-refractivity contribution in [1.29, 1.82) is 0 Å². The first-order valence-electron chi connectivity index (χ1n) is 13.9. The van der Waals surface area contributed by atoms with Crippen LogP contribution in [-0.4, -0.2) is 48.0 Å². The first-order valence-corrected chi connectivity index (χ1v) is 13.9. The quantitative estimate of drug-likeness (QED) is 0.368. The Labute approximate surface area is 221 Å². The second kappa shape index (κ2) is 13.0. The van der Waals surface area contributed by atoms with E-state index in [1.54, 1.807) is 12.1 Å². The second-order valence-electron chi connectivity index (χ2n) is 10.9. The molecule has 0 bridgehead atoms. The molecule has 1 fully saturated rings. The van der Waals surface area contributed by atoms with E-state index in [9.17, 15) is 14.4 Å². The molecule has 2 aromatic rings. The highest BCUT2D eigenvalue weighted by atomic mass is 16.2. The fourth-order valence-corrected chi connectivity index (χ4v) is 5.54. The number of hydrogen-bond donors (Lipinski definition) is 1. The third-order valence-electron chi connectivity index (χ3n) is 7.90. The molecule has 0 spiro atoms. The smallest absolute Gasteiger partial charge is 0.244 e. The average molecular weight is 501 g/mol. The number of benzene rings is 2. The van der Waals surface area contributed by atoms with E-state index in [4.69, 9.17) is 0 Å². The van der Waals surface area contributed by atoms with Crippen LogP contribution in [0.2, 0.25) is 0 Å². The number of carbonyl (C=O) groups excluding carboxylic acids is 3. The number of allylic oxidation sites excluding steroid dienone is 1. The highest BCUT2D eigenvalue weighted by Crippen LogP contribution is 2.28. The van der Waals surface area contributed by atoms with E-state index >= 15 is 0 Å². The summed E-state index contributed by atoms with van der Waals surface area (Å²) in [4.78, 5) is 39.4. The Morgan fingerprint density at radius 1 is 0.892 bits per heavy atom. The van der Waals surface area contributed by atoms with E-state index in [0.29, 0.717) is 11.5 Å². The maximum absolute atomic E-state index is 12.4. The summed E-state index contributed by atoms with van der Waals surface area (Å²) in [5, 5.41) is 3.08. The lowest BCUT2D eigenvalue weighted by Gasteiger charge is -2.30. The van der Waals surface area contributed by atoms with E-state index in [1.165, 1.54) is 29.7 Å². The number of amides is 1. The Morgan fingerprint density at radius 3 is 2.30 bits per heavy atom. The summed E-state index contributed by atoms with van der Waals surface area (Å²) in [5.41, 5.74) is 4.17. The molecule has 4 rings (SSSR count). The van der Waals surface area contributed by atoms with Gasteiger partial charge in [-0.15, -0.1) is 0 Å². The van der Waals surface area contributed by atoms with Crippen LogP contribution in [0.5, 0.6) is 0 Å². The number of fused-ring (bicyclic) bond motifs is 1. The van der Waals surface area contributed by atoms with Crippen molar-refractivity contribution in [3.05, 3.63) is 82.9 Å². The standard InChI is InChI=1S/C32H40N2O3/c1-23(2)32(37)28-11-10-25-17-20-34(21-18-27(25)22-28)19-16-24-8-12-29(13-9-24)33-31(36)15-14-30(35)26-6-4-3-5-7-26/h3-7,10-11,14-15,22-24,29H,8-9,12-13,16-21H2,1-2H3,(H,33,36)/b15-14+/t24-,29-. The summed E-state index contributed by atoms with van der Waals surface area (Å²) in [7, 11) is 0. The predicted molar refractivity (Wildman–Crippen MR) is 148 cm³/mol. The van der Waals surface area contributed by atoms with Crippen LogP contribution in [0.4, 0.5) is 0 Å². The van der Waals surface area contributed by atoms with Crippen molar-refractivity contribution in [3.8, 4) is 0 Å². The molecule has 0 aromatic heterocycles. The number of nitrogens with zero attached hydrogens (tertiary/aromatic N) is 1. The Morgan fingerprint density at radius 2 is 1.59 bits per heavy atom. The summed E-state index contributed by atoms with van der Waals surface area (Å²) in [6, 6.07) is 15.5. The molecule has 0 saturated heterocycles. The number of carbonyl (C=O) groups is 3. The normalized spacial score (nSPS) is 20.4. The van der Waals surface area contributed by atoms with Gasteiger partial charge in [-0.1, -0.05) is 56.3 Å². The van der Waals surface area contributed by atoms with Gasteiger partial charge in [0.15, 0.2) is 11.6 Å². The van der Waals surface area contributed by atoms with Crippen LogP contribution in [0.1, 0.15) is 77.8 Å². The SMILES string of the molecule is CC(C)C(=O)c1ccc2c(c1)CCN(CC[C@H]1CC[C@H](NC(=O)/C=C/C(=O)c3ccccc3)CC1)CC2. The van der Waals surface area contributed by atoms with Gasteiger partial charge in [0.2, 0.25) is 5.91 Å². The van der Waals surface area contributed by atoms with Crippen molar-refractivity contribution < 1.29 is 14.4 Å². The number of hydrogen-bond acceptors (Lipinski definition) is 4. The van der Waals surface area contributed by atoms with E-state index in [1.807, 2.05) is 38.1 Å². The molecular formula is C32H40N2O3. The Bertz CT molecular complexity index is 1110. The van der Waals surface area contributed by atoms with Crippen LogP contribution in [0.25, 0.3) is 0 Å². The largest absolute Gasteiger partial charge is 0.350 e. The van der Waals surface area contributed by atoms with Gasteiger partial charge >= 0.3 is 0 Å². The average Bonchev–Trinajstić information content (AvgIpc) is 3.13. The molecule has 196 valence electrons. The van der Waals surface area contributed by atoms with Gasteiger partial charge in [0.05, 0.1) is 0 Å². The van der Waals surface area contributed by atoms with Crippen molar-refractivity contribution >= 4 is 17.5 Å².